The van der Waals surface area contributed by atoms with E-state index in [2.05, 4.69) is 5.92 Å². The fraction of sp³-hybridized carbons (Fsp3) is 0.667. The van der Waals surface area contributed by atoms with Gasteiger partial charge < -0.3 is 4.90 Å². The normalized spacial score (nSPS) is 21.8. The molecule has 0 aromatic carbocycles. The summed E-state index contributed by atoms with van der Waals surface area (Å²) in [5.41, 5.74) is 0. The molecule has 0 aromatic heterocycles. The SMILES string of the molecule is C#CCN(C)C(=O)C1CCCS1. The van der Waals surface area contributed by atoms with Crippen LogP contribution in [0.25, 0.3) is 0 Å². The van der Waals surface area contributed by atoms with Crippen molar-refractivity contribution in [3.05, 3.63) is 0 Å². The van der Waals surface area contributed by atoms with Gasteiger partial charge in [0.15, 0.2) is 0 Å². The molecular formula is C9H13NOS. The lowest BCUT2D eigenvalue weighted by Crippen LogP contribution is -2.33. The van der Waals surface area contributed by atoms with E-state index < -0.39 is 0 Å². The van der Waals surface area contributed by atoms with Crippen molar-refractivity contribution >= 4 is 17.7 Å². The van der Waals surface area contributed by atoms with Gasteiger partial charge in [0, 0.05) is 7.05 Å². The third kappa shape index (κ3) is 2.18. The van der Waals surface area contributed by atoms with Gasteiger partial charge in [-0.1, -0.05) is 5.92 Å². The molecule has 1 aliphatic rings. The Hall–Kier alpha value is -0.620. The molecular weight excluding hydrogens is 170 g/mol. The molecule has 0 saturated carbocycles. The number of amides is 1. The Morgan fingerprint density at radius 2 is 2.58 bits per heavy atom. The van der Waals surface area contributed by atoms with E-state index >= 15 is 0 Å². The molecule has 3 heteroatoms. The van der Waals surface area contributed by atoms with Crippen molar-refractivity contribution in [2.45, 2.75) is 18.1 Å². The van der Waals surface area contributed by atoms with Crippen molar-refractivity contribution in [1.82, 2.24) is 4.90 Å². The summed E-state index contributed by atoms with van der Waals surface area (Å²) in [4.78, 5) is 13.2. The number of thioether (sulfide) groups is 1. The van der Waals surface area contributed by atoms with Crippen LogP contribution in [0.5, 0.6) is 0 Å². The molecule has 0 spiro atoms. The Kier molecular flexibility index (Phi) is 3.48. The molecule has 0 aliphatic carbocycles. The molecule has 1 saturated heterocycles. The number of hydrogen-bond donors (Lipinski definition) is 0. The van der Waals surface area contributed by atoms with Gasteiger partial charge in [-0.2, -0.15) is 0 Å². The summed E-state index contributed by atoms with van der Waals surface area (Å²) in [6.45, 7) is 0.426. The summed E-state index contributed by atoms with van der Waals surface area (Å²) in [5.74, 6) is 3.77. The molecule has 1 unspecified atom stereocenters. The van der Waals surface area contributed by atoms with Gasteiger partial charge in [-0.25, -0.2) is 0 Å². The smallest absolute Gasteiger partial charge is 0.236 e. The van der Waals surface area contributed by atoms with E-state index in [4.69, 9.17) is 6.42 Å². The second-order valence-electron chi connectivity index (χ2n) is 2.90. The van der Waals surface area contributed by atoms with E-state index in [-0.39, 0.29) is 11.2 Å². The van der Waals surface area contributed by atoms with E-state index in [0.717, 1.165) is 18.6 Å². The predicted molar refractivity (Wildman–Crippen MR) is 52.0 cm³/mol. The summed E-state index contributed by atoms with van der Waals surface area (Å²) in [6.07, 6.45) is 7.29. The molecule has 0 radical (unpaired) electrons. The van der Waals surface area contributed by atoms with Crippen LogP contribution >= 0.6 is 11.8 Å². The molecule has 1 aliphatic heterocycles. The number of terminal acetylenes is 1. The molecule has 1 rings (SSSR count). The summed E-state index contributed by atoms with van der Waals surface area (Å²) in [5, 5.41) is 0.170. The number of hydrogen-bond acceptors (Lipinski definition) is 2. The van der Waals surface area contributed by atoms with Crippen LogP contribution in [-0.4, -0.2) is 35.4 Å². The molecule has 0 N–H and O–H groups in total. The number of rotatable bonds is 2. The first-order valence-electron chi connectivity index (χ1n) is 4.05. The van der Waals surface area contributed by atoms with Crippen molar-refractivity contribution in [3.8, 4) is 12.3 Å². The molecule has 66 valence electrons. The summed E-state index contributed by atoms with van der Waals surface area (Å²) < 4.78 is 0. The minimum absolute atomic E-state index is 0.170. The lowest BCUT2D eigenvalue weighted by molar-refractivity contribution is -0.128. The zero-order valence-electron chi connectivity index (χ0n) is 7.25. The molecule has 1 amide bonds. The van der Waals surface area contributed by atoms with Gasteiger partial charge in [0.25, 0.3) is 0 Å². The van der Waals surface area contributed by atoms with Gasteiger partial charge in [-0.15, -0.1) is 18.2 Å². The van der Waals surface area contributed by atoms with E-state index in [0.29, 0.717) is 6.54 Å². The highest BCUT2D eigenvalue weighted by molar-refractivity contribution is 8.00. The molecule has 1 atom stereocenters. The van der Waals surface area contributed by atoms with Crippen molar-refractivity contribution in [2.75, 3.05) is 19.3 Å². The molecule has 1 heterocycles. The quantitative estimate of drug-likeness (QED) is 0.595. The van der Waals surface area contributed by atoms with Crippen LogP contribution in [0.3, 0.4) is 0 Å². The highest BCUT2D eigenvalue weighted by Crippen LogP contribution is 2.27. The van der Waals surface area contributed by atoms with Gasteiger partial charge in [-0.05, 0) is 18.6 Å². The van der Waals surface area contributed by atoms with E-state index in [1.54, 1.807) is 23.7 Å². The third-order valence-electron chi connectivity index (χ3n) is 1.91. The van der Waals surface area contributed by atoms with Gasteiger partial charge in [0.2, 0.25) is 5.91 Å². The number of carbonyl (C=O) groups is 1. The fourth-order valence-corrected chi connectivity index (χ4v) is 2.51. The van der Waals surface area contributed by atoms with Gasteiger partial charge in [0.1, 0.15) is 0 Å². The predicted octanol–water partition coefficient (Wildman–Crippen LogP) is 0.974. The van der Waals surface area contributed by atoms with E-state index in [1.165, 1.54) is 0 Å². The monoisotopic (exact) mass is 183 g/mol. The number of nitrogens with zero attached hydrogens (tertiary/aromatic N) is 1. The lowest BCUT2D eigenvalue weighted by atomic mass is 10.2. The van der Waals surface area contributed by atoms with Gasteiger partial charge >= 0.3 is 0 Å². The first-order valence-corrected chi connectivity index (χ1v) is 5.10. The standard InChI is InChI=1S/C9H13NOS/c1-3-6-10(2)9(11)8-5-4-7-12-8/h1,8H,4-7H2,2H3. The van der Waals surface area contributed by atoms with Crippen LogP contribution < -0.4 is 0 Å². The van der Waals surface area contributed by atoms with Crippen LogP contribution in [0.15, 0.2) is 0 Å². The first-order chi connectivity index (χ1) is 5.75. The van der Waals surface area contributed by atoms with Crippen molar-refractivity contribution in [1.29, 1.82) is 0 Å². The fourth-order valence-electron chi connectivity index (χ4n) is 1.23. The van der Waals surface area contributed by atoms with Gasteiger partial charge in [-0.3, -0.25) is 4.79 Å². The Morgan fingerprint density at radius 1 is 1.83 bits per heavy atom. The van der Waals surface area contributed by atoms with Crippen molar-refractivity contribution < 1.29 is 4.79 Å². The highest BCUT2D eigenvalue weighted by atomic mass is 32.2. The first kappa shape index (κ1) is 9.47. The average Bonchev–Trinajstić information content (AvgIpc) is 2.55. The summed E-state index contributed by atoms with van der Waals surface area (Å²) in [6, 6.07) is 0. The topological polar surface area (TPSA) is 20.3 Å². The third-order valence-corrected chi connectivity index (χ3v) is 3.27. The Morgan fingerprint density at radius 3 is 3.08 bits per heavy atom. The molecule has 0 bridgehead atoms. The molecule has 2 nitrogen and oxygen atoms in total. The Labute approximate surface area is 77.7 Å². The number of carbonyl (C=O) groups excluding carboxylic acids is 1. The van der Waals surface area contributed by atoms with Crippen molar-refractivity contribution in [2.24, 2.45) is 0 Å². The van der Waals surface area contributed by atoms with Crippen LogP contribution in [0.2, 0.25) is 0 Å². The van der Waals surface area contributed by atoms with Crippen LogP contribution in [0.1, 0.15) is 12.8 Å². The average molecular weight is 183 g/mol. The van der Waals surface area contributed by atoms with E-state index in [9.17, 15) is 4.79 Å². The lowest BCUT2D eigenvalue weighted by Gasteiger charge is -2.17. The largest absolute Gasteiger partial charge is 0.334 e. The van der Waals surface area contributed by atoms with E-state index in [1.807, 2.05) is 0 Å². The Balaban J connectivity index is 2.41. The molecule has 12 heavy (non-hydrogen) atoms. The maximum Gasteiger partial charge on any atom is 0.236 e. The minimum Gasteiger partial charge on any atom is -0.334 e. The van der Waals surface area contributed by atoms with Gasteiger partial charge in [0.05, 0.1) is 11.8 Å². The maximum atomic E-state index is 11.5. The summed E-state index contributed by atoms with van der Waals surface area (Å²) >= 11 is 1.74. The highest BCUT2D eigenvalue weighted by Gasteiger charge is 2.25. The second kappa shape index (κ2) is 4.42. The summed E-state index contributed by atoms with van der Waals surface area (Å²) in [7, 11) is 1.76. The molecule has 1 fully saturated rings. The molecule has 0 aromatic rings. The van der Waals surface area contributed by atoms with Crippen LogP contribution in [0, 0.1) is 12.3 Å². The van der Waals surface area contributed by atoms with Crippen molar-refractivity contribution in [3.63, 3.8) is 0 Å². The zero-order chi connectivity index (χ0) is 8.97. The minimum atomic E-state index is 0.170. The zero-order valence-corrected chi connectivity index (χ0v) is 8.06. The Bertz CT molecular complexity index is 203. The second-order valence-corrected chi connectivity index (χ2v) is 4.21. The van der Waals surface area contributed by atoms with Crippen LogP contribution in [-0.2, 0) is 4.79 Å². The van der Waals surface area contributed by atoms with Crippen LogP contribution in [0.4, 0.5) is 0 Å². The maximum absolute atomic E-state index is 11.5.